The lowest BCUT2D eigenvalue weighted by Crippen LogP contribution is -2.36. The van der Waals surface area contributed by atoms with Crippen LogP contribution in [0.5, 0.6) is 0 Å². The zero-order chi connectivity index (χ0) is 18.3. The largest absolute Gasteiger partial charge is 0.333 e. The average molecular weight is 346 g/mol. The topological polar surface area (TPSA) is 66.7 Å². The molecule has 1 aliphatic heterocycles. The molecule has 6 nitrogen and oxygen atoms in total. The molecule has 1 aliphatic rings. The first kappa shape index (κ1) is 16.4. The third-order valence-corrected chi connectivity index (χ3v) is 4.69. The minimum Gasteiger partial charge on any atom is -0.333 e. The van der Waals surface area contributed by atoms with Crippen molar-refractivity contribution in [3.8, 4) is 0 Å². The second-order valence-corrected chi connectivity index (χ2v) is 6.71. The summed E-state index contributed by atoms with van der Waals surface area (Å²) in [5.41, 5.74) is 5.47. The van der Waals surface area contributed by atoms with Crippen molar-refractivity contribution in [2.45, 2.75) is 19.9 Å². The van der Waals surface area contributed by atoms with Crippen LogP contribution in [0.1, 0.15) is 28.5 Å². The van der Waals surface area contributed by atoms with Crippen LogP contribution < -0.4 is 10.8 Å². The summed E-state index contributed by atoms with van der Waals surface area (Å²) in [4.78, 5) is 26.1. The van der Waals surface area contributed by atoms with Crippen LogP contribution in [-0.2, 0) is 17.8 Å². The quantitative estimate of drug-likeness (QED) is 0.697. The number of carbonyl (C=O) groups excluding carboxylic acids is 2. The molecule has 26 heavy (non-hydrogen) atoms. The molecule has 0 bridgehead atoms. The fraction of sp³-hybridized carbons (Fsp3) is 0.211. The van der Waals surface area contributed by atoms with Gasteiger partial charge >= 0.3 is 0 Å². The molecule has 0 spiro atoms. The van der Waals surface area contributed by atoms with Crippen molar-refractivity contribution in [2.75, 3.05) is 11.9 Å². The van der Waals surface area contributed by atoms with Crippen LogP contribution in [0.4, 0.5) is 5.69 Å². The molecule has 7 heteroatoms. The van der Waals surface area contributed by atoms with Gasteiger partial charge in [0, 0.05) is 31.9 Å². The molecule has 2 amide bonds. The zero-order valence-corrected chi connectivity index (χ0v) is 14.8. The monoisotopic (exact) mass is 346 g/mol. The number of pyridine rings is 1. The highest BCUT2D eigenvalue weighted by Gasteiger charge is 2.25. The highest BCUT2D eigenvalue weighted by Crippen LogP contribution is 2.27. The third-order valence-electron chi connectivity index (χ3n) is 4.69. The summed E-state index contributed by atoms with van der Waals surface area (Å²) in [5.74, 6) is -0.154. The summed E-state index contributed by atoms with van der Waals surface area (Å²) >= 11 is 0. The first-order chi connectivity index (χ1) is 12.5. The summed E-state index contributed by atoms with van der Waals surface area (Å²) in [6, 6.07) is 11.6. The van der Waals surface area contributed by atoms with Gasteiger partial charge in [-0.1, -0.05) is 23.7 Å². The van der Waals surface area contributed by atoms with E-state index in [2.05, 4.69) is 10.4 Å². The van der Waals surface area contributed by atoms with E-state index < -0.39 is 0 Å². The van der Waals surface area contributed by atoms with Gasteiger partial charge in [-0.2, -0.15) is 5.10 Å². The lowest BCUT2D eigenvalue weighted by atomic mass is 9.97. The number of hydrogen-bond acceptors (Lipinski definition) is 3. The Kier molecular flexibility index (Phi) is 3.99. The number of aromatic nitrogens is 2. The molecule has 0 unspecified atom stereocenters. The van der Waals surface area contributed by atoms with E-state index in [4.69, 9.17) is 0 Å². The standard InChI is InChI=1S/C19H19BN4O2/c1-12(25)21-17-4-2-3-13-10-23(8-7-16(13)17)19(26)18-9-15-6-5-14(20)11-24(15)22-18/h2-6,9,11H,7-8,10,20H2,1H3,(H,21,25). The van der Waals surface area contributed by atoms with Crippen molar-refractivity contribution in [3.05, 3.63) is 59.4 Å². The summed E-state index contributed by atoms with van der Waals surface area (Å²) in [7, 11) is 2.00. The molecule has 1 aromatic carbocycles. The van der Waals surface area contributed by atoms with Crippen molar-refractivity contribution in [2.24, 2.45) is 0 Å². The number of hydrogen-bond donors (Lipinski definition) is 1. The van der Waals surface area contributed by atoms with Crippen LogP contribution in [0.2, 0.25) is 0 Å². The van der Waals surface area contributed by atoms with E-state index in [-0.39, 0.29) is 11.8 Å². The second-order valence-electron chi connectivity index (χ2n) is 6.71. The molecule has 0 radical (unpaired) electrons. The number of rotatable bonds is 2. The van der Waals surface area contributed by atoms with Crippen LogP contribution in [-0.4, -0.2) is 40.7 Å². The molecule has 0 atom stereocenters. The molecular formula is C19H19BN4O2. The minimum absolute atomic E-state index is 0.0677. The molecule has 1 N–H and O–H groups in total. The molecule has 4 rings (SSSR count). The summed E-state index contributed by atoms with van der Waals surface area (Å²) in [5, 5.41) is 7.30. The Morgan fingerprint density at radius 2 is 2.08 bits per heavy atom. The van der Waals surface area contributed by atoms with Gasteiger partial charge in [0.05, 0.1) is 5.52 Å². The smallest absolute Gasteiger partial charge is 0.274 e. The van der Waals surface area contributed by atoms with Gasteiger partial charge in [-0.05, 0) is 35.7 Å². The Hall–Kier alpha value is -3.09. The molecule has 0 saturated carbocycles. The maximum absolute atomic E-state index is 12.9. The maximum atomic E-state index is 12.9. The van der Waals surface area contributed by atoms with Crippen molar-refractivity contribution in [1.29, 1.82) is 0 Å². The van der Waals surface area contributed by atoms with E-state index >= 15 is 0 Å². The molecule has 130 valence electrons. The van der Waals surface area contributed by atoms with Crippen molar-refractivity contribution in [3.63, 3.8) is 0 Å². The molecule has 0 fully saturated rings. The fourth-order valence-electron chi connectivity index (χ4n) is 3.45. The number of anilines is 1. The number of fused-ring (bicyclic) bond motifs is 2. The van der Waals surface area contributed by atoms with Crippen LogP contribution in [0, 0.1) is 0 Å². The number of nitrogens with zero attached hydrogens (tertiary/aromatic N) is 3. The number of nitrogens with one attached hydrogen (secondary N) is 1. The van der Waals surface area contributed by atoms with E-state index in [0.717, 1.165) is 27.8 Å². The third kappa shape index (κ3) is 2.96. The Balaban J connectivity index is 1.59. The van der Waals surface area contributed by atoms with Gasteiger partial charge in [0.25, 0.3) is 5.91 Å². The van der Waals surface area contributed by atoms with Crippen molar-refractivity contribution in [1.82, 2.24) is 14.5 Å². The minimum atomic E-state index is -0.0862. The normalized spacial score (nSPS) is 13.5. The predicted molar refractivity (Wildman–Crippen MR) is 103 cm³/mol. The number of benzene rings is 1. The second kappa shape index (κ2) is 6.33. The lowest BCUT2D eigenvalue weighted by molar-refractivity contribution is -0.114. The number of amides is 2. The Morgan fingerprint density at radius 1 is 1.23 bits per heavy atom. The molecule has 3 aromatic rings. The highest BCUT2D eigenvalue weighted by atomic mass is 16.2. The van der Waals surface area contributed by atoms with Gasteiger partial charge < -0.3 is 10.2 Å². The highest BCUT2D eigenvalue weighted by molar-refractivity contribution is 6.32. The molecular weight excluding hydrogens is 327 g/mol. The van der Waals surface area contributed by atoms with E-state index in [0.29, 0.717) is 25.2 Å². The van der Waals surface area contributed by atoms with E-state index in [9.17, 15) is 9.59 Å². The fourth-order valence-corrected chi connectivity index (χ4v) is 3.45. The lowest BCUT2D eigenvalue weighted by Gasteiger charge is -2.29. The predicted octanol–water partition coefficient (Wildman–Crippen LogP) is 0.750. The summed E-state index contributed by atoms with van der Waals surface area (Å²) in [6.45, 7) is 2.63. The van der Waals surface area contributed by atoms with Crippen LogP contribution in [0.3, 0.4) is 0 Å². The van der Waals surface area contributed by atoms with Gasteiger partial charge in [0.15, 0.2) is 5.69 Å². The van der Waals surface area contributed by atoms with Crippen molar-refractivity contribution < 1.29 is 9.59 Å². The van der Waals surface area contributed by atoms with Crippen LogP contribution >= 0.6 is 0 Å². The average Bonchev–Trinajstić information content (AvgIpc) is 3.03. The molecule has 2 aromatic heterocycles. The van der Waals surface area contributed by atoms with Crippen LogP contribution in [0.15, 0.2) is 42.6 Å². The first-order valence-corrected chi connectivity index (χ1v) is 8.65. The van der Waals surface area contributed by atoms with Crippen LogP contribution in [0.25, 0.3) is 5.52 Å². The van der Waals surface area contributed by atoms with E-state index in [1.165, 1.54) is 6.92 Å². The van der Waals surface area contributed by atoms with Gasteiger partial charge in [-0.15, -0.1) is 0 Å². The first-order valence-electron chi connectivity index (χ1n) is 8.65. The SMILES string of the molecule is Bc1ccc2cc(C(=O)N3CCc4c(cccc4NC(C)=O)C3)nn2c1. The van der Waals surface area contributed by atoms with Gasteiger partial charge in [-0.25, -0.2) is 4.52 Å². The molecule has 0 saturated heterocycles. The van der Waals surface area contributed by atoms with Gasteiger partial charge in [0.2, 0.25) is 5.91 Å². The van der Waals surface area contributed by atoms with E-state index in [1.54, 1.807) is 4.52 Å². The summed E-state index contributed by atoms with van der Waals surface area (Å²) in [6.07, 6.45) is 2.63. The molecule has 0 aliphatic carbocycles. The van der Waals surface area contributed by atoms with E-state index in [1.807, 2.05) is 55.3 Å². The molecule has 3 heterocycles. The van der Waals surface area contributed by atoms with Crippen molar-refractivity contribution >= 4 is 36.3 Å². The maximum Gasteiger partial charge on any atom is 0.274 e. The van der Waals surface area contributed by atoms with Gasteiger partial charge in [0.1, 0.15) is 7.85 Å². The zero-order valence-electron chi connectivity index (χ0n) is 14.8. The van der Waals surface area contributed by atoms with Gasteiger partial charge in [-0.3, -0.25) is 9.59 Å². The Morgan fingerprint density at radius 3 is 2.88 bits per heavy atom. The Bertz CT molecular complexity index is 1030. The number of carbonyl (C=O) groups is 2. The summed E-state index contributed by atoms with van der Waals surface area (Å²) < 4.78 is 1.75. The Labute approximate surface area is 152 Å².